The number of allylic oxidation sites excluding steroid dienone is 2. The number of nitrogens with one attached hydrogen (secondary N) is 1. The third kappa shape index (κ3) is 6.60. The lowest BCUT2D eigenvalue weighted by atomic mass is 9.92. The molecule has 2 aromatic carbocycles. The number of hydrogen-bond donors (Lipinski definition) is 1. The fraction of sp³-hybridized carbons (Fsp3) is 0.486. The first kappa shape index (κ1) is 31.5. The molecule has 1 atom stereocenters. The van der Waals surface area contributed by atoms with Crippen LogP contribution in [0.2, 0.25) is 0 Å². The average Bonchev–Trinajstić information content (AvgIpc) is 3.29. The standard InChI is InChI=1S/C37H50FN6O/c1-30-31(2)43(17-8-16-41-20-18-40(3)19-21-41)36-12-11-34(28-35(30)36)39-37(14-5-4-6-15-37)44(25-22-42(29-45)23-26-44)24-13-32-9-7-10-33(38)27-32/h4-7,9-12,14,27-29,39H,8,13,15-26H2,1-3H3/q+1. The number of carbonyl (C=O) groups excluding carboxylic acids is 1. The Morgan fingerprint density at radius 3 is 2.49 bits per heavy atom. The minimum atomic E-state index is -0.376. The smallest absolute Gasteiger partial charge is 0.210 e. The molecule has 8 heteroatoms. The fourth-order valence-electron chi connectivity index (χ4n) is 7.79. The molecule has 0 bridgehead atoms. The van der Waals surface area contributed by atoms with Gasteiger partial charge in [0, 0.05) is 67.8 Å². The van der Waals surface area contributed by atoms with Gasteiger partial charge in [0.1, 0.15) is 5.82 Å². The number of fused-ring (bicyclic) bond motifs is 1. The van der Waals surface area contributed by atoms with Crippen molar-refractivity contribution >= 4 is 23.0 Å². The lowest BCUT2D eigenvalue weighted by Crippen LogP contribution is -2.73. The summed E-state index contributed by atoms with van der Waals surface area (Å²) in [4.78, 5) is 18.6. The summed E-state index contributed by atoms with van der Waals surface area (Å²) < 4.78 is 17.4. The molecular formula is C37H50FN6O+. The highest BCUT2D eigenvalue weighted by Crippen LogP contribution is 2.38. The number of anilines is 1. The van der Waals surface area contributed by atoms with Crippen molar-refractivity contribution in [2.24, 2.45) is 0 Å². The number of halogens is 1. The molecule has 45 heavy (non-hydrogen) atoms. The number of amides is 1. The zero-order chi connectivity index (χ0) is 31.4. The summed E-state index contributed by atoms with van der Waals surface area (Å²) in [5, 5.41) is 5.36. The number of aromatic nitrogens is 1. The van der Waals surface area contributed by atoms with Gasteiger partial charge in [0.25, 0.3) is 0 Å². The molecule has 3 aromatic rings. The van der Waals surface area contributed by atoms with E-state index in [0.717, 1.165) is 100 Å². The SMILES string of the molecule is Cc1c(C)n(CCCN2CCN(C)CC2)c2ccc(NC3([N+]4(CCc5cccc(F)c5)CCN(C=O)CC4)C=CC=CC3)cc12. The molecule has 2 aliphatic heterocycles. The molecule has 0 radical (unpaired) electrons. The fourth-order valence-corrected chi connectivity index (χ4v) is 7.79. The van der Waals surface area contributed by atoms with E-state index in [1.165, 1.54) is 28.2 Å². The van der Waals surface area contributed by atoms with Crippen LogP contribution in [0.25, 0.3) is 10.9 Å². The number of piperazine rings is 2. The maximum Gasteiger partial charge on any atom is 0.210 e. The molecule has 1 unspecified atom stereocenters. The number of nitrogens with zero attached hydrogens (tertiary/aromatic N) is 5. The van der Waals surface area contributed by atoms with Crippen molar-refractivity contribution in [2.75, 3.05) is 77.8 Å². The van der Waals surface area contributed by atoms with Gasteiger partial charge < -0.3 is 24.6 Å². The highest BCUT2D eigenvalue weighted by atomic mass is 19.1. The van der Waals surface area contributed by atoms with Crippen LogP contribution in [-0.2, 0) is 17.8 Å². The van der Waals surface area contributed by atoms with Crippen molar-refractivity contribution < 1.29 is 13.7 Å². The van der Waals surface area contributed by atoms with Gasteiger partial charge in [-0.2, -0.15) is 0 Å². The maximum atomic E-state index is 14.1. The topological polar surface area (TPSA) is 43.8 Å². The van der Waals surface area contributed by atoms with E-state index in [-0.39, 0.29) is 11.5 Å². The normalized spacial score (nSPS) is 22.3. The summed E-state index contributed by atoms with van der Waals surface area (Å²) in [7, 11) is 2.21. The van der Waals surface area contributed by atoms with Gasteiger partial charge in [0.2, 0.25) is 6.41 Å². The Morgan fingerprint density at radius 2 is 1.78 bits per heavy atom. The van der Waals surface area contributed by atoms with E-state index in [1.54, 1.807) is 12.1 Å². The summed E-state index contributed by atoms with van der Waals surface area (Å²) in [6.45, 7) is 15.3. The lowest BCUT2D eigenvalue weighted by molar-refractivity contribution is -0.968. The molecule has 0 spiro atoms. The molecule has 3 aliphatic rings. The number of rotatable bonds is 11. The predicted octanol–water partition coefficient (Wildman–Crippen LogP) is 5.19. The monoisotopic (exact) mass is 613 g/mol. The second-order valence-corrected chi connectivity index (χ2v) is 13.5. The van der Waals surface area contributed by atoms with Gasteiger partial charge in [-0.05, 0) is 81.4 Å². The summed E-state index contributed by atoms with van der Waals surface area (Å²) >= 11 is 0. The van der Waals surface area contributed by atoms with E-state index in [2.05, 4.69) is 83.1 Å². The first-order valence-corrected chi connectivity index (χ1v) is 16.7. The van der Waals surface area contributed by atoms with Gasteiger partial charge in [-0.1, -0.05) is 30.4 Å². The molecular weight excluding hydrogens is 563 g/mol. The Bertz CT molecular complexity index is 1550. The van der Waals surface area contributed by atoms with Crippen LogP contribution < -0.4 is 5.32 Å². The van der Waals surface area contributed by atoms with Crippen LogP contribution in [0.1, 0.15) is 29.7 Å². The molecule has 7 nitrogen and oxygen atoms in total. The number of hydrogen-bond acceptors (Lipinski definition) is 4. The van der Waals surface area contributed by atoms with E-state index in [0.29, 0.717) is 13.1 Å². The minimum Gasteiger partial charge on any atom is -0.345 e. The van der Waals surface area contributed by atoms with Crippen molar-refractivity contribution in [2.45, 2.75) is 45.3 Å². The van der Waals surface area contributed by atoms with Gasteiger partial charge in [0.15, 0.2) is 5.66 Å². The van der Waals surface area contributed by atoms with E-state index in [9.17, 15) is 9.18 Å². The molecule has 6 rings (SSSR count). The zero-order valence-corrected chi connectivity index (χ0v) is 27.3. The minimum absolute atomic E-state index is 0.191. The van der Waals surface area contributed by atoms with Crippen LogP contribution >= 0.6 is 0 Å². The Morgan fingerprint density at radius 1 is 0.978 bits per heavy atom. The van der Waals surface area contributed by atoms with Crippen molar-refractivity contribution in [3.63, 3.8) is 0 Å². The number of benzene rings is 2. The molecule has 2 fully saturated rings. The average molecular weight is 614 g/mol. The first-order chi connectivity index (χ1) is 21.8. The Hall–Kier alpha value is -3.46. The number of likely N-dealkylation sites (N-methyl/N-ethyl adjacent to an activating group) is 1. The van der Waals surface area contributed by atoms with E-state index in [1.807, 2.05) is 11.0 Å². The quantitative estimate of drug-likeness (QED) is 0.239. The van der Waals surface area contributed by atoms with Crippen LogP contribution in [-0.4, -0.2) is 108 Å². The number of aryl methyl sites for hydroxylation is 2. The van der Waals surface area contributed by atoms with Crippen molar-refractivity contribution in [1.82, 2.24) is 19.3 Å². The van der Waals surface area contributed by atoms with Gasteiger partial charge in [-0.25, -0.2) is 4.39 Å². The lowest BCUT2D eigenvalue weighted by Gasteiger charge is -2.55. The largest absolute Gasteiger partial charge is 0.345 e. The van der Waals surface area contributed by atoms with Crippen LogP contribution in [0.15, 0.2) is 66.8 Å². The molecule has 240 valence electrons. The Kier molecular flexibility index (Phi) is 9.45. The number of carbonyl (C=O) groups is 1. The summed E-state index contributed by atoms with van der Waals surface area (Å²) in [5.74, 6) is -0.191. The van der Waals surface area contributed by atoms with Gasteiger partial charge in [0.05, 0.1) is 32.7 Å². The van der Waals surface area contributed by atoms with Crippen LogP contribution in [0.3, 0.4) is 0 Å². The second-order valence-electron chi connectivity index (χ2n) is 13.5. The van der Waals surface area contributed by atoms with Gasteiger partial charge in [-0.15, -0.1) is 0 Å². The highest BCUT2D eigenvalue weighted by Gasteiger charge is 2.50. The number of quaternary nitrogens is 1. The van der Waals surface area contributed by atoms with Crippen molar-refractivity contribution in [3.05, 3.63) is 89.4 Å². The summed E-state index contributed by atoms with van der Waals surface area (Å²) in [5.41, 5.74) is 5.74. The van der Waals surface area contributed by atoms with Crippen molar-refractivity contribution in [1.29, 1.82) is 0 Å². The molecule has 1 aliphatic carbocycles. The van der Waals surface area contributed by atoms with E-state index in [4.69, 9.17) is 0 Å². The Labute approximate surface area is 268 Å². The van der Waals surface area contributed by atoms with Crippen LogP contribution in [0.4, 0.5) is 10.1 Å². The Balaban J connectivity index is 1.26. The van der Waals surface area contributed by atoms with Gasteiger partial charge >= 0.3 is 0 Å². The summed E-state index contributed by atoms with van der Waals surface area (Å²) in [6.07, 6.45) is 12.6. The second kappa shape index (κ2) is 13.5. The molecule has 1 N–H and O–H groups in total. The van der Waals surface area contributed by atoms with E-state index >= 15 is 0 Å². The molecule has 0 saturated carbocycles. The molecule has 1 amide bonds. The molecule has 1 aromatic heterocycles. The predicted molar refractivity (Wildman–Crippen MR) is 182 cm³/mol. The van der Waals surface area contributed by atoms with Crippen LogP contribution in [0, 0.1) is 19.7 Å². The third-order valence-corrected chi connectivity index (χ3v) is 10.8. The maximum absolute atomic E-state index is 14.1. The molecule has 2 saturated heterocycles. The third-order valence-electron chi connectivity index (χ3n) is 10.8. The first-order valence-electron chi connectivity index (χ1n) is 16.7. The van der Waals surface area contributed by atoms with E-state index < -0.39 is 0 Å². The zero-order valence-electron chi connectivity index (χ0n) is 27.3. The van der Waals surface area contributed by atoms with Crippen LogP contribution in [0.5, 0.6) is 0 Å². The molecule has 3 heterocycles. The highest BCUT2D eigenvalue weighted by molar-refractivity contribution is 5.88. The van der Waals surface area contributed by atoms with Gasteiger partial charge in [-0.3, -0.25) is 9.28 Å². The summed E-state index contributed by atoms with van der Waals surface area (Å²) in [6, 6.07) is 13.9. The van der Waals surface area contributed by atoms with Crippen molar-refractivity contribution in [3.8, 4) is 0 Å².